The summed E-state index contributed by atoms with van der Waals surface area (Å²) in [5.74, 6) is -0.0335. The van der Waals surface area contributed by atoms with Crippen LogP contribution in [0.25, 0.3) is 0 Å². The predicted octanol–water partition coefficient (Wildman–Crippen LogP) is 2.76. The molecule has 0 unspecified atom stereocenters. The van der Waals surface area contributed by atoms with Gasteiger partial charge in [-0.15, -0.1) is 0 Å². The standard InChI is InChI=1S/C13H16O2/c1-8(2)5-6-11-10(4)13(15)9(3)7-12(11)14/h5,7H,6H2,1-4H3. The van der Waals surface area contributed by atoms with E-state index in [1.807, 2.05) is 19.9 Å². The van der Waals surface area contributed by atoms with Gasteiger partial charge in [0.1, 0.15) is 0 Å². The van der Waals surface area contributed by atoms with E-state index in [2.05, 4.69) is 0 Å². The molecule has 1 aliphatic carbocycles. The van der Waals surface area contributed by atoms with Gasteiger partial charge in [0, 0.05) is 16.7 Å². The average Bonchev–Trinajstić information content (AvgIpc) is 2.14. The summed E-state index contributed by atoms with van der Waals surface area (Å²) in [7, 11) is 0. The first-order valence-corrected chi connectivity index (χ1v) is 5.04. The minimum atomic E-state index is -0.0258. The second-order valence-corrected chi connectivity index (χ2v) is 4.11. The highest BCUT2D eigenvalue weighted by molar-refractivity contribution is 6.22. The topological polar surface area (TPSA) is 34.1 Å². The van der Waals surface area contributed by atoms with Crippen LogP contribution in [-0.4, -0.2) is 11.6 Å². The molecule has 0 heterocycles. The van der Waals surface area contributed by atoms with E-state index in [0.29, 0.717) is 23.1 Å². The van der Waals surface area contributed by atoms with Crippen molar-refractivity contribution < 1.29 is 9.59 Å². The van der Waals surface area contributed by atoms with Gasteiger partial charge in [-0.2, -0.15) is 0 Å². The molecule has 0 saturated heterocycles. The van der Waals surface area contributed by atoms with Gasteiger partial charge in [0.05, 0.1) is 0 Å². The molecule has 0 aromatic rings. The second-order valence-electron chi connectivity index (χ2n) is 4.11. The molecule has 0 fully saturated rings. The monoisotopic (exact) mass is 204 g/mol. The fourth-order valence-corrected chi connectivity index (χ4v) is 1.53. The Balaban J connectivity index is 3.02. The summed E-state index contributed by atoms with van der Waals surface area (Å²) in [5, 5.41) is 0. The molecule has 0 amide bonds. The smallest absolute Gasteiger partial charge is 0.184 e. The Morgan fingerprint density at radius 3 is 2.40 bits per heavy atom. The molecule has 0 atom stereocenters. The van der Waals surface area contributed by atoms with Crippen LogP contribution in [0.1, 0.15) is 34.1 Å². The van der Waals surface area contributed by atoms with Crippen molar-refractivity contribution in [3.05, 3.63) is 34.4 Å². The summed E-state index contributed by atoms with van der Waals surface area (Å²) >= 11 is 0. The van der Waals surface area contributed by atoms with Crippen molar-refractivity contribution in [2.45, 2.75) is 34.1 Å². The van der Waals surface area contributed by atoms with Gasteiger partial charge < -0.3 is 0 Å². The third kappa shape index (κ3) is 2.52. The highest BCUT2D eigenvalue weighted by Gasteiger charge is 2.21. The van der Waals surface area contributed by atoms with Gasteiger partial charge in [-0.3, -0.25) is 9.59 Å². The van der Waals surface area contributed by atoms with Crippen molar-refractivity contribution in [1.29, 1.82) is 0 Å². The Morgan fingerprint density at radius 2 is 1.87 bits per heavy atom. The van der Waals surface area contributed by atoms with Crippen molar-refractivity contribution >= 4 is 11.6 Å². The zero-order chi connectivity index (χ0) is 11.6. The van der Waals surface area contributed by atoms with Crippen molar-refractivity contribution in [2.24, 2.45) is 0 Å². The molecular weight excluding hydrogens is 188 g/mol. The van der Waals surface area contributed by atoms with E-state index < -0.39 is 0 Å². The van der Waals surface area contributed by atoms with Crippen LogP contribution in [0.15, 0.2) is 34.4 Å². The lowest BCUT2D eigenvalue weighted by Crippen LogP contribution is -2.16. The molecule has 80 valence electrons. The lowest BCUT2D eigenvalue weighted by Gasteiger charge is -2.13. The van der Waals surface area contributed by atoms with E-state index in [1.165, 1.54) is 6.08 Å². The SMILES string of the molecule is CC(C)=CCC1=C(C)C(=O)C(C)=CC1=O. The van der Waals surface area contributed by atoms with Gasteiger partial charge in [0.2, 0.25) is 0 Å². The van der Waals surface area contributed by atoms with Crippen LogP contribution in [-0.2, 0) is 9.59 Å². The van der Waals surface area contributed by atoms with E-state index in [-0.39, 0.29) is 11.6 Å². The highest BCUT2D eigenvalue weighted by Crippen LogP contribution is 2.21. The molecule has 0 aliphatic heterocycles. The molecule has 1 rings (SSSR count). The van der Waals surface area contributed by atoms with E-state index in [1.54, 1.807) is 13.8 Å². The lowest BCUT2D eigenvalue weighted by atomic mass is 9.89. The number of rotatable bonds is 2. The number of carbonyl (C=O) groups is 2. The molecule has 1 aliphatic rings. The first-order valence-electron chi connectivity index (χ1n) is 5.04. The van der Waals surface area contributed by atoms with Gasteiger partial charge in [0.15, 0.2) is 11.6 Å². The van der Waals surface area contributed by atoms with Gasteiger partial charge in [-0.1, -0.05) is 11.6 Å². The van der Waals surface area contributed by atoms with Crippen molar-refractivity contribution in [2.75, 3.05) is 0 Å². The maximum absolute atomic E-state index is 11.7. The average molecular weight is 204 g/mol. The van der Waals surface area contributed by atoms with E-state index >= 15 is 0 Å². The van der Waals surface area contributed by atoms with E-state index in [0.717, 1.165) is 5.57 Å². The summed E-state index contributed by atoms with van der Waals surface area (Å²) in [4.78, 5) is 23.3. The molecule has 0 aromatic carbocycles. The van der Waals surface area contributed by atoms with Gasteiger partial charge in [-0.05, 0) is 40.2 Å². The van der Waals surface area contributed by atoms with Crippen molar-refractivity contribution in [3.63, 3.8) is 0 Å². The Kier molecular flexibility index (Phi) is 3.40. The van der Waals surface area contributed by atoms with Crippen LogP contribution in [0, 0.1) is 0 Å². The Morgan fingerprint density at radius 1 is 1.27 bits per heavy atom. The maximum Gasteiger partial charge on any atom is 0.184 e. The molecule has 15 heavy (non-hydrogen) atoms. The maximum atomic E-state index is 11.7. The lowest BCUT2D eigenvalue weighted by molar-refractivity contribution is -0.115. The van der Waals surface area contributed by atoms with Gasteiger partial charge in [-0.25, -0.2) is 0 Å². The number of allylic oxidation sites excluding steroid dienone is 6. The fraction of sp³-hybridized carbons (Fsp3) is 0.385. The van der Waals surface area contributed by atoms with E-state index in [9.17, 15) is 9.59 Å². The summed E-state index contributed by atoms with van der Waals surface area (Å²) in [6, 6.07) is 0. The Hall–Kier alpha value is -1.44. The minimum absolute atomic E-state index is 0.00763. The van der Waals surface area contributed by atoms with Gasteiger partial charge >= 0.3 is 0 Å². The Bertz CT molecular complexity index is 402. The quantitative estimate of drug-likeness (QED) is 0.512. The van der Waals surface area contributed by atoms with Crippen LogP contribution >= 0.6 is 0 Å². The van der Waals surface area contributed by atoms with E-state index in [4.69, 9.17) is 0 Å². The van der Waals surface area contributed by atoms with Crippen LogP contribution in [0.2, 0.25) is 0 Å². The molecule has 2 heteroatoms. The summed E-state index contributed by atoms with van der Waals surface area (Å²) in [6.07, 6.45) is 3.96. The molecule has 0 radical (unpaired) electrons. The third-order valence-electron chi connectivity index (χ3n) is 2.51. The van der Waals surface area contributed by atoms with Crippen molar-refractivity contribution in [1.82, 2.24) is 0 Å². The zero-order valence-corrected chi connectivity index (χ0v) is 9.68. The number of Topliss-reactive ketones (excluding diaryl/α,β-unsaturated/α-hetero) is 1. The van der Waals surface area contributed by atoms with Crippen molar-refractivity contribution in [3.8, 4) is 0 Å². The van der Waals surface area contributed by atoms with Crippen LogP contribution in [0.5, 0.6) is 0 Å². The molecule has 0 spiro atoms. The molecule has 2 nitrogen and oxygen atoms in total. The summed E-state index contributed by atoms with van der Waals surface area (Å²) in [6.45, 7) is 7.37. The second kappa shape index (κ2) is 4.39. The molecular formula is C13H16O2. The number of carbonyl (C=O) groups excluding carboxylic acids is 2. The minimum Gasteiger partial charge on any atom is -0.290 e. The zero-order valence-electron chi connectivity index (χ0n) is 9.68. The largest absolute Gasteiger partial charge is 0.290 e. The highest BCUT2D eigenvalue weighted by atomic mass is 16.1. The third-order valence-corrected chi connectivity index (χ3v) is 2.51. The van der Waals surface area contributed by atoms with Crippen LogP contribution in [0.3, 0.4) is 0 Å². The summed E-state index contributed by atoms with van der Waals surface area (Å²) < 4.78 is 0. The van der Waals surface area contributed by atoms with Crippen LogP contribution in [0.4, 0.5) is 0 Å². The number of hydrogen-bond donors (Lipinski definition) is 0. The normalized spacial score (nSPS) is 16.7. The molecule has 0 bridgehead atoms. The molecule has 0 saturated carbocycles. The molecule has 0 aromatic heterocycles. The fourth-order valence-electron chi connectivity index (χ4n) is 1.53. The number of ketones is 2. The van der Waals surface area contributed by atoms with Gasteiger partial charge in [0.25, 0.3) is 0 Å². The first-order chi connectivity index (χ1) is 6.93. The van der Waals surface area contributed by atoms with Crippen LogP contribution < -0.4 is 0 Å². The predicted molar refractivity (Wildman–Crippen MR) is 60.5 cm³/mol. The molecule has 0 N–H and O–H groups in total. The first kappa shape index (κ1) is 11.6. The number of hydrogen-bond acceptors (Lipinski definition) is 2. The Labute approximate surface area is 90.4 Å². The summed E-state index contributed by atoms with van der Waals surface area (Å²) in [5.41, 5.74) is 2.92.